The number of hydrogen-bond acceptors (Lipinski definition) is 3. The molecule has 0 amide bonds. The normalized spacial score (nSPS) is 8.33. The second-order valence-electron chi connectivity index (χ2n) is 2.09. The predicted molar refractivity (Wildman–Crippen MR) is 53.0 cm³/mol. The fourth-order valence-corrected chi connectivity index (χ4v) is 0.980. The van der Waals surface area contributed by atoms with Crippen molar-refractivity contribution < 1.29 is 0 Å². The fourth-order valence-electron chi connectivity index (χ4n) is 0.629. The first-order chi connectivity index (χ1) is 5.89. The van der Waals surface area contributed by atoms with Gasteiger partial charge in [-0.1, -0.05) is 18.2 Å². The molecule has 62 valence electrons. The van der Waals surface area contributed by atoms with E-state index in [1.54, 1.807) is 23.0 Å². The Hall–Kier alpha value is -1.35. The van der Waals surface area contributed by atoms with E-state index in [2.05, 4.69) is 4.98 Å². The van der Waals surface area contributed by atoms with E-state index < -0.39 is 0 Å². The largest absolute Gasteiger partial charge is 0.399 e. The number of nitrogens with zero attached hydrogens (tertiary/aromatic N) is 1. The van der Waals surface area contributed by atoms with Crippen LogP contribution in [0, 0.1) is 0 Å². The molecule has 0 unspecified atom stereocenters. The summed E-state index contributed by atoms with van der Waals surface area (Å²) < 4.78 is 0. The van der Waals surface area contributed by atoms with Gasteiger partial charge in [0.05, 0.1) is 5.51 Å². The Labute approximate surface area is 75.7 Å². The average Bonchev–Trinajstić information content (AvgIpc) is 2.62. The van der Waals surface area contributed by atoms with E-state index in [0.717, 1.165) is 5.69 Å². The van der Waals surface area contributed by atoms with Gasteiger partial charge in [-0.15, -0.1) is 11.3 Å². The Bertz CT molecular complexity index is 261. The van der Waals surface area contributed by atoms with Gasteiger partial charge in [0.25, 0.3) is 0 Å². The van der Waals surface area contributed by atoms with Gasteiger partial charge in [0.1, 0.15) is 0 Å². The van der Waals surface area contributed by atoms with Gasteiger partial charge in [-0.2, -0.15) is 0 Å². The zero-order valence-corrected chi connectivity index (χ0v) is 7.37. The van der Waals surface area contributed by atoms with E-state index in [0.29, 0.717) is 0 Å². The van der Waals surface area contributed by atoms with E-state index in [1.807, 2.05) is 35.7 Å². The van der Waals surface area contributed by atoms with Crippen LogP contribution in [-0.4, -0.2) is 4.98 Å². The molecule has 1 heterocycles. The number of para-hydroxylation sites is 1. The van der Waals surface area contributed by atoms with Crippen molar-refractivity contribution in [2.75, 3.05) is 5.73 Å². The van der Waals surface area contributed by atoms with Crippen LogP contribution >= 0.6 is 11.3 Å². The molecule has 1 aromatic carbocycles. The minimum absolute atomic E-state index is 0.822. The van der Waals surface area contributed by atoms with Crippen LogP contribution in [0.5, 0.6) is 0 Å². The van der Waals surface area contributed by atoms with Gasteiger partial charge in [0.2, 0.25) is 0 Å². The maximum atomic E-state index is 5.36. The third-order valence-electron chi connectivity index (χ3n) is 1.15. The van der Waals surface area contributed by atoms with Crippen molar-refractivity contribution in [1.29, 1.82) is 0 Å². The molecule has 0 fully saturated rings. The second-order valence-corrected chi connectivity index (χ2v) is 2.84. The van der Waals surface area contributed by atoms with Gasteiger partial charge < -0.3 is 5.73 Å². The van der Waals surface area contributed by atoms with Gasteiger partial charge in [-0.05, 0) is 12.1 Å². The maximum absolute atomic E-state index is 5.36. The summed E-state index contributed by atoms with van der Waals surface area (Å²) in [4.78, 5) is 3.74. The van der Waals surface area contributed by atoms with E-state index in [4.69, 9.17) is 5.73 Å². The van der Waals surface area contributed by atoms with Crippen molar-refractivity contribution in [2.45, 2.75) is 0 Å². The van der Waals surface area contributed by atoms with Crippen LogP contribution in [0.4, 0.5) is 5.69 Å². The van der Waals surface area contributed by atoms with E-state index >= 15 is 0 Å². The minimum atomic E-state index is 0.822. The summed E-state index contributed by atoms with van der Waals surface area (Å²) in [6.45, 7) is 0. The summed E-state index contributed by atoms with van der Waals surface area (Å²) in [5, 5.41) is 1.93. The predicted octanol–water partition coefficient (Wildman–Crippen LogP) is 2.41. The molecule has 0 saturated heterocycles. The Kier molecular flexibility index (Phi) is 3.88. The number of benzene rings is 1. The molecule has 1 aromatic heterocycles. The molecule has 0 aliphatic heterocycles. The number of aromatic nitrogens is 1. The number of anilines is 1. The van der Waals surface area contributed by atoms with E-state index in [1.165, 1.54) is 0 Å². The first kappa shape index (κ1) is 8.74. The van der Waals surface area contributed by atoms with E-state index in [9.17, 15) is 0 Å². The molecule has 2 aromatic rings. The summed E-state index contributed by atoms with van der Waals surface area (Å²) in [6.07, 6.45) is 1.77. The van der Waals surface area contributed by atoms with Crippen LogP contribution in [0.1, 0.15) is 0 Å². The smallest absolute Gasteiger partial charge is 0.0791 e. The lowest BCUT2D eigenvalue weighted by Gasteiger charge is -1.83. The van der Waals surface area contributed by atoms with Crippen molar-refractivity contribution in [3.63, 3.8) is 0 Å². The Morgan fingerprint density at radius 1 is 1.17 bits per heavy atom. The molecule has 0 bridgehead atoms. The average molecular weight is 178 g/mol. The Balaban J connectivity index is 0.000000127. The van der Waals surface area contributed by atoms with Gasteiger partial charge in [-0.3, -0.25) is 4.98 Å². The molecule has 0 atom stereocenters. The van der Waals surface area contributed by atoms with Crippen LogP contribution in [0.2, 0.25) is 0 Å². The molecular formula is C9H10N2S. The van der Waals surface area contributed by atoms with Crippen molar-refractivity contribution in [2.24, 2.45) is 0 Å². The second kappa shape index (κ2) is 5.32. The number of rotatable bonds is 0. The molecule has 0 aliphatic carbocycles. The SMILES string of the molecule is Nc1ccccc1.c1cscn1. The molecule has 0 saturated carbocycles. The summed E-state index contributed by atoms with van der Waals surface area (Å²) in [5.41, 5.74) is 7.97. The minimum Gasteiger partial charge on any atom is -0.399 e. The summed E-state index contributed by atoms with van der Waals surface area (Å²) in [5.74, 6) is 0. The molecule has 2 nitrogen and oxygen atoms in total. The van der Waals surface area contributed by atoms with Gasteiger partial charge >= 0.3 is 0 Å². The van der Waals surface area contributed by atoms with Crippen molar-refractivity contribution in [3.8, 4) is 0 Å². The molecule has 2 N–H and O–H groups in total. The summed E-state index contributed by atoms with van der Waals surface area (Å²) in [7, 11) is 0. The van der Waals surface area contributed by atoms with Crippen LogP contribution in [-0.2, 0) is 0 Å². The number of nitrogens with two attached hydrogens (primary N) is 1. The summed E-state index contributed by atoms with van der Waals surface area (Å²) in [6, 6.07) is 9.49. The monoisotopic (exact) mass is 178 g/mol. The lowest BCUT2D eigenvalue weighted by atomic mass is 10.3. The van der Waals surface area contributed by atoms with E-state index in [-0.39, 0.29) is 0 Å². The highest BCUT2D eigenvalue weighted by molar-refractivity contribution is 7.07. The molecule has 0 spiro atoms. The number of thiazole rings is 1. The highest BCUT2D eigenvalue weighted by Crippen LogP contribution is 1.95. The topological polar surface area (TPSA) is 38.9 Å². The maximum Gasteiger partial charge on any atom is 0.0791 e. The summed E-state index contributed by atoms with van der Waals surface area (Å²) >= 11 is 1.60. The van der Waals surface area contributed by atoms with Crippen molar-refractivity contribution >= 4 is 17.0 Å². The lowest BCUT2D eigenvalue weighted by Crippen LogP contribution is -1.79. The molecule has 12 heavy (non-hydrogen) atoms. The van der Waals surface area contributed by atoms with Crippen LogP contribution in [0.3, 0.4) is 0 Å². The zero-order valence-electron chi connectivity index (χ0n) is 6.55. The Morgan fingerprint density at radius 3 is 2.17 bits per heavy atom. The molecule has 2 rings (SSSR count). The Morgan fingerprint density at radius 2 is 1.92 bits per heavy atom. The van der Waals surface area contributed by atoms with Crippen LogP contribution in [0.15, 0.2) is 47.4 Å². The molecule has 0 radical (unpaired) electrons. The third kappa shape index (κ3) is 3.73. The van der Waals surface area contributed by atoms with Gasteiger partial charge in [0, 0.05) is 17.3 Å². The molecular weight excluding hydrogens is 168 g/mol. The fraction of sp³-hybridized carbons (Fsp3) is 0. The molecule has 0 aliphatic rings. The highest BCUT2D eigenvalue weighted by Gasteiger charge is 1.72. The molecule has 3 heteroatoms. The number of nitrogen functional groups attached to an aromatic ring is 1. The van der Waals surface area contributed by atoms with Gasteiger partial charge in [0.15, 0.2) is 0 Å². The van der Waals surface area contributed by atoms with Gasteiger partial charge in [-0.25, -0.2) is 0 Å². The first-order valence-corrected chi connectivity index (χ1v) is 4.46. The lowest BCUT2D eigenvalue weighted by molar-refractivity contribution is 1.43. The van der Waals surface area contributed by atoms with Crippen molar-refractivity contribution in [1.82, 2.24) is 4.98 Å². The third-order valence-corrected chi connectivity index (χ3v) is 1.67. The van der Waals surface area contributed by atoms with Crippen LogP contribution in [0.25, 0.3) is 0 Å². The highest BCUT2D eigenvalue weighted by atomic mass is 32.1. The van der Waals surface area contributed by atoms with Crippen molar-refractivity contribution in [3.05, 3.63) is 47.4 Å². The zero-order chi connectivity index (χ0) is 8.65. The number of hydrogen-bond donors (Lipinski definition) is 1. The standard InChI is InChI=1S/C6H7N.C3H3NS/c7-6-4-2-1-3-5-6;1-2-5-3-4-1/h1-5H,7H2;1-3H. The van der Waals surface area contributed by atoms with Crippen LogP contribution < -0.4 is 5.73 Å². The quantitative estimate of drug-likeness (QED) is 0.629. The first-order valence-electron chi connectivity index (χ1n) is 3.52.